The number of halogens is 1. The van der Waals surface area contributed by atoms with E-state index >= 15 is 0 Å². The number of benzene rings is 1. The molecule has 0 radical (unpaired) electrons. The molecule has 2 rings (SSSR count). The first kappa shape index (κ1) is 12.8. The van der Waals surface area contributed by atoms with E-state index in [2.05, 4.69) is 15.9 Å². The van der Waals surface area contributed by atoms with Crippen LogP contribution in [0.1, 0.15) is 17.0 Å². The molecule has 0 aliphatic heterocycles. The first-order chi connectivity index (χ1) is 8.41. The highest BCUT2D eigenvalue weighted by Gasteiger charge is 2.16. The van der Waals surface area contributed by atoms with Gasteiger partial charge in [0.15, 0.2) is 0 Å². The summed E-state index contributed by atoms with van der Waals surface area (Å²) in [7, 11) is 0. The molecule has 5 heteroatoms. The van der Waals surface area contributed by atoms with Gasteiger partial charge in [0.1, 0.15) is 0 Å². The average molecular weight is 309 g/mol. The summed E-state index contributed by atoms with van der Waals surface area (Å²) < 4.78 is 2.85. The molecule has 0 bridgehead atoms. The van der Waals surface area contributed by atoms with Gasteiger partial charge in [-0.3, -0.25) is 10.1 Å². The van der Waals surface area contributed by atoms with E-state index in [0.717, 1.165) is 21.5 Å². The maximum Gasteiger partial charge on any atom is 0.274 e. The number of hydrogen-bond acceptors (Lipinski definition) is 2. The Labute approximate surface area is 114 Å². The summed E-state index contributed by atoms with van der Waals surface area (Å²) in [6.45, 7) is 5.69. The zero-order chi connectivity index (χ0) is 13.4. The molecule has 0 unspecified atom stereocenters. The van der Waals surface area contributed by atoms with E-state index in [1.807, 2.05) is 30.5 Å². The number of aryl methyl sites for hydroxylation is 3. The Hall–Kier alpha value is -1.62. The summed E-state index contributed by atoms with van der Waals surface area (Å²) in [4.78, 5) is 10.7. The van der Waals surface area contributed by atoms with E-state index in [4.69, 9.17) is 0 Å². The van der Waals surface area contributed by atoms with Crippen molar-refractivity contribution in [1.82, 2.24) is 4.57 Å². The Morgan fingerprint density at radius 2 is 1.72 bits per heavy atom. The van der Waals surface area contributed by atoms with Crippen molar-refractivity contribution in [3.8, 4) is 5.69 Å². The summed E-state index contributed by atoms with van der Waals surface area (Å²) in [5.74, 6) is 0. The molecular formula is C13H13BrN2O2. The van der Waals surface area contributed by atoms with Gasteiger partial charge in [0.05, 0.1) is 10.6 Å². The fraction of sp³-hybridized carbons (Fsp3) is 0.231. The van der Waals surface area contributed by atoms with Crippen LogP contribution in [0.2, 0.25) is 0 Å². The van der Waals surface area contributed by atoms with Crippen LogP contribution in [0.5, 0.6) is 0 Å². The predicted molar refractivity (Wildman–Crippen MR) is 74.3 cm³/mol. The van der Waals surface area contributed by atoms with Crippen LogP contribution in [0.15, 0.2) is 28.7 Å². The summed E-state index contributed by atoms with van der Waals surface area (Å²) in [5, 5.41) is 11.0. The van der Waals surface area contributed by atoms with Crippen molar-refractivity contribution in [1.29, 1.82) is 0 Å². The van der Waals surface area contributed by atoms with Gasteiger partial charge in [0.2, 0.25) is 0 Å². The fourth-order valence-corrected chi connectivity index (χ4v) is 2.70. The Morgan fingerprint density at radius 3 is 2.22 bits per heavy atom. The first-order valence-corrected chi connectivity index (χ1v) is 6.31. The Bertz CT molecular complexity index is 613. The van der Waals surface area contributed by atoms with Crippen molar-refractivity contribution < 1.29 is 4.92 Å². The third-order valence-corrected chi connectivity index (χ3v) is 3.61. The molecule has 0 aliphatic carbocycles. The van der Waals surface area contributed by atoms with Crippen molar-refractivity contribution in [2.45, 2.75) is 20.8 Å². The Balaban J connectivity index is 2.72. The molecule has 1 heterocycles. The quantitative estimate of drug-likeness (QED) is 0.620. The van der Waals surface area contributed by atoms with Crippen LogP contribution in [-0.4, -0.2) is 9.49 Å². The van der Waals surface area contributed by atoms with Gasteiger partial charge in [0.25, 0.3) is 5.69 Å². The summed E-state index contributed by atoms with van der Waals surface area (Å²) in [5.41, 5.74) is 3.68. The van der Waals surface area contributed by atoms with Crippen molar-refractivity contribution in [2.24, 2.45) is 0 Å². The molecule has 1 aromatic heterocycles. The van der Waals surface area contributed by atoms with Crippen molar-refractivity contribution in [2.75, 3.05) is 0 Å². The summed E-state index contributed by atoms with van der Waals surface area (Å²) in [6, 6.07) is 7.38. The number of nitro groups is 1. The van der Waals surface area contributed by atoms with Crippen LogP contribution >= 0.6 is 15.9 Å². The predicted octanol–water partition coefficient (Wildman–Crippen LogP) is 4.07. The molecule has 4 nitrogen and oxygen atoms in total. The molecule has 94 valence electrons. The summed E-state index contributed by atoms with van der Waals surface area (Å²) in [6.07, 6.45) is 0. The van der Waals surface area contributed by atoms with Crippen molar-refractivity contribution >= 4 is 21.6 Å². The number of hydrogen-bond donors (Lipinski definition) is 0. The lowest BCUT2D eigenvalue weighted by atomic mass is 10.2. The largest absolute Gasteiger partial charge is 0.317 e. The number of rotatable bonds is 2. The molecule has 0 saturated heterocycles. The highest BCUT2D eigenvalue weighted by molar-refractivity contribution is 9.10. The standard InChI is InChI=1S/C13H13BrN2O2/c1-8-6-11(14)13(7-12(8)16(17)18)15-9(2)4-5-10(15)3/h4-7H,1-3H3. The average Bonchev–Trinajstić information content (AvgIpc) is 2.59. The lowest BCUT2D eigenvalue weighted by Crippen LogP contribution is -2.02. The van der Waals surface area contributed by atoms with Crippen LogP contribution < -0.4 is 0 Å². The minimum Gasteiger partial charge on any atom is -0.317 e. The Morgan fingerprint density at radius 1 is 1.17 bits per heavy atom. The maximum absolute atomic E-state index is 11.0. The van der Waals surface area contributed by atoms with Crippen LogP contribution in [-0.2, 0) is 0 Å². The van der Waals surface area contributed by atoms with Gasteiger partial charge in [-0.1, -0.05) is 0 Å². The monoisotopic (exact) mass is 308 g/mol. The van der Waals surface area contributed by atoms with Gasteiger partial charge in [0, 0.05) is 27.5 Å². The van der Waals surface area contributed by atoms with Crippen LogP contribution in [0.3, 0.4) is 0 Å². The topological polar surface area (TPSA) is 48.1 Å². The molecule has 0 spiro atoms. The van der Waals surface area contributed by atoms with E-state index in [0.29, 0.717) is 5.56 Å². The molecule has 0 amide bonds. The second kappa shape index (κ2) is 4.57. The first-order valence-electron chi connectivity index (χ1n) is 5.51. The van der Waals surface area contributed by atoms with E-state index in [9.17, 15) is 10.1 Å². The van der Waals surface area contributed by atoms with E-state index in [1.165, 1.54) is 0 Å². The smallest absolute Gasteiger partial charge is 0.274 e. The third-order valence-electron chi connectivity index (χ3n) is 2.97. The van der Waals surface area contributed by atoms with Crippen molar-refractivity contribution in [3.05, 3.63) is 55.8 Å². The molecular weight excluding hydrogens is 296 g/mol. The molecule has 1 aromatic carbocycles. The zero-order valence-corrected chi connectivity index (χ0v) is 12.0. The van der Waals surface area contributed by atoms with Crippen LogP contribution in [0, 0.1) is 30.9 Å². The maximum atomic E-state index is 11.0. The molecule has 0 atom stereocenters. The molecule has 0 aliphatic rings. The molecule has 0 fully saturated rings. The lowest BCUT2D eigenvalue weighted by molar-refractivity contribution is -0.385. The van der Waals surface area contributed by atoms with E-state index in [-0.39, 0.29) is 10.6 Å². The van der Waals surface area contributed by atoms with Crippen LogP contribution in [0.4, 0.5) is 5.69 Å². The van der Waals surface area contributed by atoms with E-state index < -0.39 is 0 Å². The molecule has 2 aromatic rings. The number of nitro benzene ring substituents is 1. The normalized spacial score (nSPS) is 10.7. The van der Waals surface area contributed by atoms with Crippen LogP contribution in [0.25, 0.3) is 5.69 Å². The van der Waals surface area contributed by atoms with Gasteiger partial charge in [-0.2, -0.15) is 0 Å². The van der Waals surface area contributed by atoms with E-state index in [1.54, 1.807) is 19.1 Å². The number of aromatic nitrogens is 1. The highest BCUT2D eigenvalue weighted by atomic mass is 79.9. The SMILES string of the molecule is Cc1cc(Br)c(-n2c(C)ccc2C)cc1[N+](=O)[O-]. The molecule has 18 heavy (non-hydrogen) atoms. The van der Waals surface area contributed by atoms with Crippen molar-refractivity contribution in [3.63, 3.8) is 0 Å². The Kier molecular flexibility index (Phi) is 3.26. The molecule has 0 saturated carbocycles. The molecule has 0 N–H and O–H groups in total. The fourth-order valence-electron chi connectivity index (χ4n) is 2.07. The second-order valence-corrected chi connectivity index (χ2v) is 5.15. The minimum absolute atomic E-state index is 0.140. The summed E-state index contributed by atoms with van der Waals surface area (Å²) >= 11 is 3.48. The number of nitrogens with zero attached hydrogens (tertiary/aromatic N) is 2. The second-order valence-electron chi connectivity index (χ2n) is 4.30. The van der Waals surface area contributed by atoms with Gasteiger partial charge in [-0.05, 0) is 54.9 Å². The van der Waals surface area contributed by atoms with Gasteiger partial charge < -0.3 is 4.57 Å². The lowest BCUT2D eigenvalue weighted by Gasteiger charge is -2.12. The minimum atomic E-state index is -0.348. The highest BCUT2D eigenvalue weighted by Crippen LogP contribution is 2.31. The van der Waals surface area contributed by atoms with Gasteiger partial charge >= 0.3 is 0 Å². The zero-order valence-electron chi connectivity index (χ0n) is 10.4. The van der Waals surface area contributed by atoms with Gasteiger partial charge in [-0.15, -0.1) is 0 Å². The van der Waals surface area contributed by atoms with Gasteiger partial charge in [-0.25, -0.2) is 0 Å². The third kappa shape index (κ3) is 2.06.